The van der Waals surface area contributed by atoms with Crippen LogP contribution < -0.4 is 4.90 Å². The molecule has 3 aromatic heterocycles. The van der Waals surface area contributed by atoms with Crippen molar-refractivity contribution in [3.05, 3.63) is 64.5 Å². The van der Waals surface area contributed by atoms with E-state index in [4.69, 9.17) is 11.6 Å². The van der Waals surface area contributed by atoms with Crippen molar-refractivity contribution in [3.8, 4) is 11.5 Å². The Morgan fingerprint density at radius 1 is 0.964 bits per heavy atom. The monoisotopic (exact) mass is 455 g/mol. The molecule has 0 fully saturated rings. The fourth-order valence-corrected chi connectivity index (χ4v) is 3.83. The van der Waals surface area contributed by atoms with E-state index in [1.165, 1.54) is 6.33 Å². The van der Waals surface area contributed by atoms with E-state index in [0.29, 0.717) is 22.1 Å². The molecule has 0 radical (unpaired) electrons. The van der Waals surface area contributed by atoms with Gasteiger partial charge in [0, 0.05) is 41.7 Å². The van der Waals surface area contributed by atoms with E-state index in [1.807, 2.05) is 31.0 Å². The number of benzene rings is 1. The lowest BCUT2D eigenvalue weighted by Gasteiger charge is -2.27. The molecular formula is C19H15BrClN7. The van der Waals surface area contributed by atoms with Gasteiger partial charge in [0.05, 0.1) is 22.3 Å². The molecule has 0 N–H and O–H groups in total. The Morgan fingerprint density at radius 3 is 2.50 bits per heavy atom. The van der Waals surface area contributed by atoms with Crippen LogP contribution in [0, 0.1) is 0 Å². The molecule has 28 heavy (non-hydrogen) atoms. The number of fused-ring (bicyclic) bond motifs is 1. The van der Waals surface area contributed by atoms with Gasteiger partial charge in [-0.1, -0.05) is 27.5 Å². The summed E-state index contributed by atoms with van der Waals surface area (Å²) >= 11 is 9.86. The second-order valence-electron chi connectivity index (χ2n) is 6.13. The highest BCUT2D eigenvalue weighted by atomic mass is 79.9. The number of hydrogen-bond donors (Lipinski definition) is 0. The molecule has 1 aromatic carbocycles. The first-order chi connectivity index (χ1) is 13.6. The molecule has 0 spiro atoms. The summed E-state index contributed by atoms with van der Waals surface area (Å²) in [6.07, 6.45) is 8.19. The van der Waals surface area contributed by atoms with E-state index < -0.39 is 0 Å². The van der Waals surface area contributed by atoms with Crippen molar-refractivity contribution >= 4 is 44.3 Å². The van der Waals surface area contributed by atoms with Crippen molar-refractivity contribution in [1.29, 1.82) is 0 Å². The Morgan fingerprint density at radius 2 is 1.71 bits per heavy atom. The Balaban J connectivity index is 1.81. The Bertz CT molecular complexity index is 1140. The third-order valence-electron chi connectivity index (χ3n) is 4.45. The van der Waals surface area contributed by atoms with E-state index in [2.05, 4.69) is 45.8 Å². The quantitative estimate of drug-likeness (QED) is 0.447. The molecule has 9 heteroatoms. The highest BCUT2D eigenvalue weighted by Gasteiger charge is 2.23. The van der Waals surface area contributed by atoms with E-state index in [-0.39, 0.29) is 6.04 Å². The molecule has 0 aliphatic carbocycles. The van der Waals surface area contributed by atoms with Crippen LogP contribution in [0.25, 0.3) is 22.4 Å². The molecule has 1 atom stereocenters. The lowest BCUT2D eigenvalue weighted by molar-refractivity contribution is 0.703. The van der Waals surface area contributed by atoms with E-state index in [0.717, 1.165) is 21.4 Å². The van der Waals surface area contributed by atoms with Crippen LogP contribution in [-0.4, -0.2) is 37.0 Å². The third-order valence-corrected chi connectivity index (χ3v) is 5.20. The van der Waals surface area contributed by atoms with Crippen LogP contribution >= 0.6 is 27.5 Å². The van der Waals surface area contributed by atoms with Gasteiger partial charge >= 0.3 is 0 Å². The molecule has 0 saturated heterocycles. The van der Waals surface area contributed by atoms with Gasteiger partial charge in [-0.05, 0) is 25.1 Å². The average molecular weight is 457 g/mol. The molecular weight excluding hydrogens is 442 g/mol. The van der Waals surface area contributed by atoms with Crippen LogP contribution in [0.2, 0.25) is 5.02 Å². The minimum absolute atomic E-state index is 0.150. The van der Waals surface area contributed by atoms with Crippen LogP contribution in [0.5, 0.6) is 0 Å². The largest absolute Gasteiger partial charge is 0.351 e. The molecule has 3 heterocycles. The normalized spacial score (nSPS) is 12.1. The third kappa shape index (κ3) is 3.41. The molecule has 7 nitrogen and oxygen atoms in total. The summed E-state index contributed by atoms with van der Waals surface area (Å²) in [6, 6.07) is 5.39. The minimum atomic E-state index is -0.150. The Kier molecular flexibility index (Phi) is 5.15. The topological polar surface area (TPSA) is 80.6 Å². The van der Waals surface area contributed by atoms with Gasteiger partial charge in [0.25, 0.3) is 0 Å². The predicted molar refractivity (Wildman–Crippen MR) is 112 cm³/mol. The van der Waals surface area contributed by atoms with Crippen LogP contribution in [0.3, 0.4) is 0 Å². The average Bonchev–Trinajstić information content (AvgIpc) is 2.73. The maximum absolute atomic E-state index is 6.36. The lowest BCUT2D eigenvalue weighted by Crippen LogP contribution is -2.25. The molecule has 1 unspecified atom stereocenters. The highest BCUT2D eigenvalue weighted by molar-refractivity contribution is 9.10. The number of nitrogens with zero attached hydrogens (tertiary/aromatic N) is 7. The van der Waals surface area contributed by atoms with Crippen LogP contribution in [0.4, 0.5) is 5.82 Å². The smallest absolute Gasteiger partial charge is 0.180 e. The number of hydrogen-bond acceptors (Lipinski definition) is 7. The van der Waals surface area contributed by atoms with Gasteiger partial charge < -0.3 is 4.90 Å². The van der Waals surface area contributed by atoms with Gasteiger partial charge in [0.15, 0.2) is 5.82 Å². The maximum atomic E-state index is 6.36. The van der Waals surface area contributed by atoms with Crippen molar-refractivity contribution in [2.24, 2.45) is 0 Å². The van der Waals surface area contributed by atoms with Crippen molar-refractivity contribution in [1.82, 2.24) is 29.9 Å². The number of aromatic nitrogens is 6. The zero-order chi connectivity index (χ0) is 19.7. The van der Waals surface area contributed by atoms with E-state index >= 15 is 0 Å². The molecule has 0 aliphatic rings. The molecule has 4 aromatic rings. The SMILES string of the molecule is CC(c1nccnc1-c1ncccn1)N(C)c1ncnc2c(Cl)cc(Br)cc12. The summed E-state index contributed by atoms with van der Waals surface area (Å²) in [5.41, 5.74) is 2.09. The zero-order valence-corrected chi connectivity index (χ0v) is 17.4. The summed E-state index contributed by atoms with van der Waals surface area (Å²) in [4.78, 5) is 28.5. The first kappa shape index (κ1) is 18.6. The van der Waals surface area contributed by atoms with Crippen LogP contribution in [0.15, 0.2) is 53.8 Å². The van der Waals surface area contributed by atoms with Gasteiger partial charge in [-0.25, -0.2) is 24.9 Å². The number of rotatable bonds is 4. The molecule has 0 saturated carbocycles. The van der Waals surface area contributed by atoms with Crippen molar-refractivity contribution in [2.45, 2.75) is 13.0 Å². The van der Waals surface area contributed by atoms with Gasteiger partial charge in [0.2, 0.25) is 0 Å². The molecule has 0 aliphatic heterocycles. The van der Waals surface area contributed by atoms with E-state index in [9.17, 15) is 0 Å². The molecule has 4 rings (SSSR count). The Labute approximate surface area is 175 Å². The van der Waals surface area contributed by atoms with Crippen LogP contribution in [0.1, 0.15) is 18.7 Å². The fourth-order valence-electron chi connectivity index (χ4n) is 2.97. The lowest BCUT2D eigenvalue weighted by atomic mass is 10.1. The molecule has 0 bridgehead atoms. The molecule has 140 valence electrons. The molecule has 0 amide bonds. The van der Waals surface area contributed by atoms with Crippen LogP contribution in [-0.2, 0) is 0 Å². The summed E-state index contributed by atoms with van der Waals surface area (Å²) in [6.45, 7) is 2.03. The first-order valence-electron chi connectivity index (χ1n) is 8.47. The number of halogens is 2. The van der Waals surface area contributed by atoms with Crippen molar-refractivity contribution in [3.63, 3.8) is 0 Å². The van der Waals surface area contributed by atoms with Gasteiger partial charge in [-0.3, -0.25) is 4.98 Å². The van der Waals surface area contributed by atoms with Gasteiger partial charge in [0.1, 0.15) is 17.8 Å². The second-order valence-corrected chi connectivity index (χ2v) is 7.45. The van der Waals surface area contributed by atoms with Gasteiger partial charge in [-0.2, -0.15) is 0 Å². The summed E-state index contributed by atoms with van der Waals surface area (Å²) < 4.78 is 0.861. The Hall–Kier alpha value is -2.71. The summed E-state index contributed by atoms with van der Waals surface area (Å²) in [7, 11) is 1.95. The standard InChI is InChI=1S/C19H15BrClN7/c1-11(15-17(23-7-6-22-15)18-24-4-3-5-25-18)28(2)19-13-8-12(20)9-14(21)16(13)26-10-27-19/h3-11H,1-2H3. The summed E-state index contributed by atoms with van der Waals surface area (Å²) in [5.74, 6) is 1.27. The van der Waals surface area contributed by atoms with Crippen molar-refractivity contribution < 1.29 is 0 Å². The van der Waals surface area contributed by atoms with Crippen molar-refractivity contribution in [2.75, 3.05) is 11.9 Å². The highest BCUT2D eigenvalue weighted by Crippen LogP contribution is 2.35. The predicted octanol–water partition coefficient (Wildman–Crippen LogP) is 4.49. The van der Waals surface area contributed by atoms with E-state index in [1.54, 1.807) is 30.9 Å². The first-order valence-corrected chi connectivity index (χ1v) is 9.64. The maximum Gasteiger partial charge on any atom is 0.180 e. The summed E-state index contributed by atoms with van der Waals surface area (Å²) in [5, 5.41) is 1.41. The zero-order valence-electron chi connectivity index (χ0n) is 15.1. The fraction of sp³-hybridized carbons (Fsp3) is 0.158. The second kappa shape index (κ2) is 7.73. The van der Waals surface area contributed by atoms with Gasteiger partial charge in [-0.15, -0.1) is 0 Å². The minimum Gasteiger partial charge on any atom is -0.351 e. The number of anilines is 1.